The van der Waals surface area contributed by atoms with Gasteiger partial charge in [0.2, 0.25) is 0 Å². The molecule has 0 atom stereocenters. The summed E-state index contributed by atoms with van der Waals surface area (Å²) in [4.78, 5) is 4.76. The molecule has 108 valence electrons. The van der Waals surface area contributed by atoms with E-state index in [0.29, 0.717) is 6.61 Å². The number of aromatic nitrogens is 2. The highest BCUT2D eigenvalue weighted by Gasteiger charge is 2.10. The largest absolute Gasteiger partial charge is 0.383 e. The van der Waals surface area contributed by atoms with E-state index in [1.54, 1.807) is 7.11 Å². The summed E-state index contributed by atoms with van der Waals surface area (Å²) < 4.78 is 7.45. The summed E-state index contributed by atoms with van der Waals surface area (Å²) in [6.45, 7) is 1.48. The summed E-state index contributed by atoms with van der Waals surface area (Å²) >= 11 is 5.94. The highest BCUT2D eigenvalue weighted by Crippen LogP contribution is 2.19. The van der Waals surface area contributed by atoms with Crippen molar-refractivity contribution in [2.75, 3.05) is 13.7 Å². The van der Waals surface area contributed by atoms with Crippen molar-refractivity contribution in [2.45, 2.75) is 13.0 Å². The monoisotopic (exact) mass is 300 g/mol. The van der Waals surface area contributed by atoms with Crippen LogP contribution in [0, 0.1) is 0 Å². The van der Waals surface area contributed by atoms with Crippen molar-refractivity contribution in [3.63, 3.8) is 0 Å². The van der Waals surface area contributed by atoms with E-state index in [-0.39, 0.29) is 0 Å². The second-order valence-electron chi connectivity index (χ2n) is 4.96. The van der Waals surface area contributed by atoms with E-state index in [9.17, 15) is 0 Å². The summed E-state index contributed by atoms with van der Waals surface area (Å²) in [7, 11) is 1.72. The Kier molecular flexibility index (Phi) is 4.23. The van der Waals surface area contributed by atoms with Gasteiger partial charge in [-0.15, -0.1) is 0 Å². The zero-order valence-electron chi connectivity index (χ0n) is 11.9. The fraction of sp³-hybridized carbons (Fsp3) is 0.235. The predicted octanol–water partition coefficient (Wildman–Crippen LogP) is 3.93. The number of halogens is 1. The van der Waals surface area contributed by atoms with Gasteiger partial charge in [0, 0.05) is 25.1 Å². The number of para-hydroxylation sites is 2. The number of hydrogen-bond donors (Lipinski definition) is 0. The van der Waals surface area contributed by atoms with Crippen LogP contribution in [0.3, 0.4) is 0 Å². The standard InChI is InChI=1S/C17H17ClN2O/c1-21-11-10-20-16-5-3-2-4-15(16)19-17(20)12-13-6-8-14(18)9-7-13/h2-9H,10-12H2,1H3. The average Bonchev–Trinajstić information content (AvgIpc) is 2.85. The molecule has 0 bridgehead atoms. The van der Waals surface area contributed by atoms with Crippen LogP contribution < -0.4 is 0 Å². The molecule has 1 heterocycles. The minimum Gasteiger partial charge on any atom is -0.383 e. The minimum atomic E-state index is 0.675. The molecule has 0 saturated heterocycles. The van der Waals surface area contributed by atoms with E-state index in [1.807, 2.05) is 42.5 Å². The molecule has 0 radical (unpaired) electrons. The molecule has 4 heteroatoms. The summed E-state index contributed by atoms with van der Waals surface area (Å²) in [6.07, 6.45) is 0.787. The van der Waals surface area contributed by atoms with E-state index in [1.165, 1.54) is 5.56 Å². The molecule has 0 spiro atoms. The van der Waals surface area contributed by atoms with Gasteiger partial charge in [-0.05, 0) is 29.8 Å². The molecule has 3 aromatic rings. The van der Waals surface area contributed by atoms with E-state index in [2.05, 4.69) is 10.6 Å². The second-order valence-corrected chi connectivity index (χ2v) is 5.40. The maximum atomic E-state index is 5.94. The van der Waals surface area contributed by atoms with Crippen molar-refractivity contribution in [3.05, 3.63) is 64.9 Å². The van der Waals surface area contributed by atoms with Gasteiger partial charge in [0.25, 0.3) is 0 Å². The summed E-state index contributed by atoms with van der Waals surface area (Å²) in [6, 6.07) is 16.1. The Hall–Kier alpha value is -1.84. The van der Waals surface area contributed by atoms with Gasteiger partial charge in [-0.25, -0.2) is 4.98 Å². The zero-order chi connectivity index (χ0) is 14.7. The predicted molar refractivity (Wildman–Crippen MR) is 85.9 cm³/mol. The Morgan fingerprint density at radius 2 is 1.86 bits per heavy atom. The quantitative estimate of drug-likeness (QED) is 0.714. The molecule has 0 unspecified atom stereocenters. The molecule has 0 N–H and O–H groups in total. The van der Waals surface area contributed by atoms with Crippen molar-refractivity contribution in [1.82, 2.24) is 9.55 Å². The lowest BCUT2D eigenvalue weighted by atomic mass is 10.1. The van der Waals surface area contributed by atoms with Gasteiger partial charge < -0.3 is 9.30 Å². The fourth-order valence-electron chi connectivity index (χ4n) is 2.48. The van der Waals surface area contributed by atoms with Crippen molar-refractivity contribution in [3.8, 4) is 0 Å². The maximum absolute atomic E-state index is 5.94. The summed E-state index contributed by atoms with van der Waals surface area (Å²) in [5, 5.41) is 0.756. The smallest absolute Gasteiger partial charge is 0.114 e. The molecule has 0 fully saturated rings. The van der Waals surface area contributed by atoms with Gasteiger partial charge in [0.1, 0.15) is 5.82 Å². The first-order valence-electron chi connectivity index (χ1n) is 6.95. The van der Waals surface area contributed by atoms with E-state index >= 15 is 0 Å². The van der Waals surface area contributed by atoms with Crippen LogP contribution in [0.15, 0.2) is 48.5 Å². The molecule has 1 aromatic heterocycles. The van der Waals surface area contributed by atoms with Crippen molar-refractivity contribution < 1.29 is 4.74 Å². The van der Waals surface area contributed by atoms with Crippen LogP contribution in [-0.2, 0) is 17.7 Å². The van der Waals surface area contributed by atoms with Crippen molar-refractivity contribution in [1.29, 1.82) is 0 Å². The van der Waals surface area contributed by atoms with Crippen LogP contribution in [0.25, 0.3) is 11.0 Å². The Bertz CT molecular complexity index is 734. The summed E-state index contributed by atoms with van der Waals surface area (Å²) in [5.41, 5.74) is 3.38. The normalized spacial score (nSPS) is 11.1. The third-order valence-electron chi connectivity index (χ3n) is 3.53. The second kappa shape index (κ2) is 6.29. The van der Waals surface area contributed by atoms with Gasteiger partial charge in [-0.2, -0.15) is 0 Å². The van der Waals surface area contributed by atoms with Gasteiger partial charge in [-0.1, -0.05) is 35.9 Å². The number of benzene rings is 2. The average molecular weight is 301 g/mol. The van der Waals surface area contributed by atoms with Crippen molar-refractivity contribution in [2.24, 2.45) is 0 Å². The molecule has 3 rings (SSSR count). The van der Waals surface area contributed by atoms with E-state index in [0.717, 1.165) is 34.8 Å². The minimum absolute atomic E-state index is 0.675. The molecular formula is C17H17ClN2O. The van der Waals surface area contributed by atoms with Gasteiger partial charge in [0.15, 0.2) is 0 Å². The molecule has 3 nitrogen and oxygen atoms in total. The molecule has 21 heavy (non-hydrogen) atoms. The maximum Gasteiger partial charge on any atom is 0.114 e. The number of imidazole rings is 1. The molecule has 2 aromatic carbocycles. The first-order chi connectivity index (χ1) is 10.3. The first kappa shape index (κ1) is 14.1. The van der Waals surface area contributed by atoms with Crippen LogP contribution in [0.1, 0.15) is 11.4 Å². The summed E-state index contributed by atoms with van der Waals surface area (Å²) in [5.74, 6) is 1.05. The Balaban J connectivity index is 1.97. The van der Waals surface area contributed by atoms with Gasteiger partial charge in [0.05, 0.1) is 17.6 Å². The number of nitrogens with zero attached hydrogens (tertiary/aromatic N) is 2. The van der Waals surface area contributed by atoms with Crippen LogP contribution in [0.2, 0.25) is 5.02 Å². The first-order valence-corrected chi connectivity index (χ1v) is 7.33. The molecule has 0 amide bonds. The molecule has 0 aliphatic carbocycles. The third-order valence-corrected chi connectivity index (χ3v) is 3.78. The topological polar surface area (TPSA) is 27.1 Å². The van der Waals surface area contributed by atoms with Crippen LogP contribution in [0.5, 0.6) is 0 Å². The lowest BCUT2D eigenvalue weighted by Crippen LogP contribution is -2.08. The number of hydrogen-bond acceptors (Lipinski definition) is 2. The third kappa shape index (κ3) is 3.09. The highest BCUT2D eigenvalue weighted by molar-refractivity contribution is 6.30. The molecule has 0 saturated carbocycles. The highest BCUT2D eigenvalue weighted by atomic mass is 35.5. The fourth-order valence-corrected chi connectivity index (χ4v) is 2.60. The number of ether oxygens (including phenoxy) is 1. The number of fused-ring (bicyclic) bond motifs is 1. The van der Waals surface area contributed by atoms with E-state index < -0.39 is 0 Å². The van der Waals surface area contributed by atoms with Crippen LogP contribution in [-0.4, -0.2) is 23.3 Å². The zero-order valence-corrected chi connectivity index (χ0v) is 12.7. The van der Waals surface area contributed by atoms with Gasteiger partial charge >= 0.3 is 0 Å². The SMILES string of the molecule is COCCn1c(Cc2ccc(Cl)cc2)nc2ccccc21. The molecule has 0 aliphatic rings. The number of methoxy groups -OCH3 is 1. The van der Waals surface area contributed by atoms with Crippen LogP contribution >= 0.6 is 11.6 Å². The Morgan fingerprint density at radius 3 is 2.62 bits per heavy atom. The Morgan fingerprint density at radius 1 is 1.10 bits per heavy atom. The molecular weight excluding hydrogens is 284 g/mol. The van der Waals surface area contributed by atoms with Gasteiger partial charge in [-0.3, -0.25) is 0 Å². The van der Waals surface area contributed by atoms with Crippen molar-refractivity contribution >= 4 is 22.6 Å². The number of rotatable bonds is 5. The molecule has 0 aliphatic heterocycles. The lowest BCUT2D eigenvalue weighted by molar-refractivity contribution is 0.187. The lowest BCUT2D eigenvalue weighted by Gasteiger charge is -2.08. The van der Waals surface area contributed by atoms with E-state index in [4.69, 9.17) is 21.3 Å². The van der Waals surface area contributed by atoms with Crippen LogP contribution in [0.4, 0.5) is 0 Å². The Labute approximate surface area is 129 Å².